The third-order valence-corrected chi connectivity index (χ3v) is 8.49. The lowest BCUT2D eigenvalue weighted by molar-refractivity contribution is -0.145. The molecule has 0 bridgehead atoms. The number of hydrogen-bond acceptors (Lipinski definition) is 4. The lowest BCUT2D eigenvalue weighted by atomic mass is 9.80. The summed E-state index contributed by atoms with van der Waals surface area (Å²) in [5.74, 6) is -0.957. The van der Waals surface area contributed by atoms with Crippen molar-refractivity contribution < 1.29 is 24.2 Å². The number of alkyl carbamates (subject to hydrolysis) is 1. The smallest absolute Gasteiger partial charge is 0.407 e. The Morgan fingerprint density at radius 1 is 0.971 bits per heavy atom. The van der Waals surface area contributed by atoms with E-state index in [4.69, 9.17) is 4.74 Å². The fourth-order valence-corrected chi connectivity index (χ4v) is 6.16. The topological polar surface area (TPSA) is 95.9 Å². The summed E-state index contributed by atoms with van der Waals surface area (Å²) in [4.78, 5) is 39.2. The first kappa shape index (κ1) is 23.4. The molecule has 2 fully saturated rings. The highest BCUT2D eigenvalue weighted by atomic mass is 16.5. The lowest BCUT2D eigenvalue weighted by Gasteiger charge is -2.35. The van der Waals surface area contributed by atoms with Crippen LogP contribution >= 0.6 is 0 Å². The van der Waals surface area contributed by atoms with Crippen LogP contribution in [-0.4, -0.2) is 54.2 Å². The van der Waals surface area contributed by atoms with E-state index in [2.05, 4.69) is 29.6 Å². The summed E-state index contributed by atoms with van der Waals surface area (Å²) in [5.41, 5.74) is 3.93. The number of benzene rings is 2. The van der Waals surface area contributed by atoms with Gasteiger partial charge in [-0.3, -0.25) is 9.59 Å². The van der Waals surface area contributed by atoms with Gasteiger partial charge in [0.2, 0.25) is 5.91 Å². The SMILES string of the molecule is CCC(CC)(CNC(=O)OCC1c2ccccc2-c2ccccc21)C(=O)N1CC2C(C1)C2C(=O)O. The number of likely N-dealkylation sites (tertiary alicyclic amines) is 1. The molecular weight excluding hydrogens is 444 g/mol. The van der Waals surface area contributed by atoms with Gasteiger partial charge >= 0.3 is 12.1 Å². The highest BCUT2D eigenvalue weighted by Crippen LogP contribution is 2.52. The van der Waals surface area contributed by atoms with Crippen molar-refractivity contribution >= 4 is 18.0 Å². The van der Waals surface area contributed by atoms with Gasteiger partial charge in [-0.25, -0.2) is 4.79 Å². The van der Waals surface area contributed by atoms with E-state index in [0.29, 0.717) is 25.9 Å². The minimum Gasteiger partial charge on any atom is -0.481 e. The number of nitrogens with zero attached hydrogens (tertiary/aromatic N) is 1. The van der Waals surface area contributed by atoms with Crippen molar-refractivity contribution in [3.05, 3.63) is 59.7 Å². The van der Waals surface area contributed by atoms with Gasteiger partial charge in [-0.2, -0.15) is 0 Å². The molecule has 2 atom stereocenters. The van der Waals surface area contributed by atoms with Crippen LogP contribution in [0.15, 0.2) is 48.5 Å². The zero-order valence-electron chi connectivity index (χ0n) is 20.2. The molecule has 2 amide bonds. The van der Waals surface area contributed by atoms with Gasteiger partial charge < -0.3 is 20.1 Å². The predicted octanol–water partition coefficient (Wildman–Crippen LogP) is 4.12. The maximum atomic E-state index is 13.4. The van der Waals surface area contributed by atoms with E-state index < -0.39 is 17.5 Å². The van der Waals surface area contributed by atoms with Crippen LogP contribution in [0.4, 0.5) is 4.79 Å². The molecule has 1 heterocycles. The van der Waals surface area contributed by atoms with Crippen molar-refractivity contribution in [2.24, 2.45) is 23.2 Å². The third kappa shape index (κ3) is 3.97. The van der Waals surface area contributed by atoms with E-state index in [1.165, 1.54) is 11.1 Å². The number of carboxylic acids is 1. The molecule has 7 heteroatoms. The molecule has 2 aromatic carbocycles. The highest BCUT2D eigenvalue weighted by Gasteiger charge is 2.61. The van der Waals surface area contributed by atoms with Crippen LogP contribution in [0.25, 0.3) is 11.1 Å². The standard InChI is InChI=1S/C28H32N2O5/c1-3-28(4-2,26(33)30-13-21-22(14-30)24(21)25(31)32)16-29-27(34)35-15-23-19-11-7-5-9-17(19)18-10-6-8-12-20(18)23/h5-12,21-24H,3-4,13-16H2,1-2H3,(H,29,34)(H,31,32). The molecule has 1 saturated carbocycles. The van der Waals surface area contributed by atoms with Gasteiger partial charge in [0.1, 0.15) is 6.61 Å². The Morgan fingerprint density at radius 3 is 2.03 bits per heavy atom. The Kier molecular flexibility index (Phi) is 6.03. The van der Waals surface area contributed by atoms with Crippen molar-refractivity contribution in [2.45, 2.75) is 32.6 Å². The zero-order valence-corrected chi connectivity index (χ0v) is 20.2. The second kappa shape index (κ2) is 9.02. The summed E-state index contributed by atoms with van der Waals surface area (Å²) >= 11 is 0. The van der Waals surface area contributed by atoms with Gasteiger partial charge in [0.25, 0.3) is 0 Å². The molecule has 1 aliphatic heterocycles. The van der Waals surface area contributed by atoms with E-state index in [0.717, 1.165) is 11.1 Å². The number of amides is 2. The van der Waals surface area contributed by atoms with Crippen LogP contribution in [0, 0.1) is 23.2 Å². The second-order valence-electron chi connectivity index (χ2n) is 10.1. The van der Waals surface area contributed by atoms with Crippen LogP contribution in [0.1, 0.15) is 43.7 Å². The monoisotopic (exact) mass is 476 g/mol. The van der Waals surface area contributed by atoms with Crippen molar-refractivity contribution in [1.82, 2.24) is 10.2 Å². The van der Waals surface area contributed by atoms with Crippen molar-refractivity contribution in [2.75, 3.05) is 26.2 Å². The summed E-state index contributed by atoms with van der Waals surface area (Å²) in [7, 11) is 0. The van der Waals surface area contributed by atoms with Crippen LogP contribution in [0.2, 0.25) is 0 Å². The summed E-state index contributed by atoms with van der Waals surface area (Å²) in [5, 5.41) is 12.1. The Bertz CT molecular complexity index is 1100. The van der Waals surface area contributed by atoms with Crippen molar-refractivity contribution in [1.29, 1.82) is 0 Å². The van der Waals surface area contributed by atoms with Crippen LogP contribution in [-0.2, 0) is 14.3 Å². The number of nitrogens with one attached hydrogen (secondary N) is 1. The first-order chi connectivity index (χ1) is 16.9. The largest absolute Gasteiger partial charge is 0.481 e. The number of piperidine rings is 1. The molecule has 0 spiro atoms. The Hall–Kier alpha value is -3.35. The molecule has 0 aromatic heterocycles. The molecule has 184 valence electrons. The predicted molar refractivity (Wildman–Crippen MR) is 131 cm³/mol. The average Bonchev–Trinajstić information content (AvgIpc) is 3.23. The number of aliphatic carboxylic acids is 1. The molecule has 2 aliphatic carbocycles. The molecule has 7 nitrogen and oxygen atoms in total. The maximum Gasteiger partial charge on any atom is 0.407 e. The first-order valence-electron chi connectivity index (χ1n) is 12.5. The van der Waals surface area contributed by atoms with Crippen LogP contribution in [0.5, 0.6) is 0 Å². The van der Waals surface area contributed by atoms with Gasteiger partial charge in [0.05, 0.1) is 11.3 Å². The lowest BCUT2D eigenvalue weighted by Crippen LogP contribution is -2.50. The van der Waals surface area contributed by atoms with Crippen molar-refractivity contribution in [3.8, 4) is 11.1 Å². The molecule has 3 aliphatic rings. The first-order valence-corrected chi connectivity index (χ1v) is 12.5. The Morgan fingerprint density at radius 2 is 1.51 bits per heavy atom. The highest BCUT2D eigenvalue weighted by molar-refractivity contribution is 5.85. The molecule has 2 N–H and O–H groups in total. The molecule has 0 radical (unpaired) electrons. The van der Waals surface area contributed by atoms with Crippen molar-refractivity contribution in [3.63, 3.8) is 0 Å². The van der Waals surface area contributed by atoms with Gasteiger partial charge in [-0.15, -0.1) is 0 Å². The molecule has 5 rings (SSSR count). The molecule has 2 unspecified atom stereocenters. The van der Waals surface area contributed by atoms with E-state index >= 15 is 0 Å². The summed E-state index contributed by atoms with van der Waals surface area (Å²) in [6.07, 6.45) is 0.640. The maximum absolute atomic E-state index is 13.4. The molecule has 35 heavy (non-hydrogen) atoms. The number of hydrogen-bond donors (Lipinski definition) is 2. The quantitative estimate of drug-likeness (QED) is 0.598. The summed E-state index contributed by atoms with van der Waals surface area (Å²) < 4.78 is 5.65. The average molecular weight is 477 g/mol. The second-order valence-corrected chi connectivity index (χ2v) is 10.1. The molecule has 2 aromatic rings. The van der Waals surface area contributed by atoms with E-state index in [1.807, 2.05) is 38.1 Å². The minimum absolute atomic E-state index is 0.00205. The number of fused-ring (bicyclic) bond motifs is 4. The molecule has 1 saturated heterocycles. The fraction of sp³-hybridized carbons (Fsp3) is 0.464. The Labute approximate surface area is 205 Å². The van der Waals surface area contributed by atoms with Gasteiger partial charge in [0, 0.05) is 25.6 Å². The van der Waals surface area contributed by atoms with Crippen LogP contribution in [0.3, 0.4) is 0 Å². The van der Waals surface area contributed by atoms with E-state index in [9.17, 15) is 19.5 Å². The van der Waals surface area contributed by atoms with Gasteiger partial charge in [-0.05, 0) is 46.9 Å². The number of carboxylic acid groups (broad SMARTS) is 1. The third-order valence-electron chi connectivity index (χ3n) is 8.49. The zero-order chi connectivity index (χ0) is 24.7. The van der Waals surface area contributed by atoms with E-state index in [-0.39, 0.29) is 42.7 Å². The normalized spacial score (nSPS) is 22.2. The van der Waals surface area contributed by atoms with Gasteiger partial charge in [0.15, 0.2) is 0 Å². The fourth-order valence-electron chi connectivity index (χ4n) is 6.16. The Balaban J connectivity index is 1.19. The van der Waals surface area contributed by atoms with Gasteiger partial charge in [-0.1, -0.05) is 62.4 Å². The number of rotatable bonds is 8. The minimum atomic E-state index is -0.763. The van der Waals surface area contributed by atoms with Crippen LogP contribution < -0.4 is 5.32 Å². The summed E-state index contributed by atoms with van der Waals surface area (Å²) in [6.45, 7) is 5.32. The number of carbonyl (C=O) groups is 3. The van der Waals surface area contributed by atoms with E-state index in [1.54, 1.807) is 4.90 Å². The molecular formula is C28H32N2O5. The number of ether oxygens (including phenoxy) is 1. The summed E-state index contributed by atoms with van der Waals surface area (Å²) in [6, 6.07) is 16.4. The number of carbonyl (C=O) groups excluding carboxylic acids is 2.